The van der Waals surface area contributed by atoms with Gasteiger partial charge in [0.15, 0.2) is 0 Å². The van der Waals surface area contributed by atoms with Crippen molar-refractivity contribution in [3.8, 4) is 5.75 Å². The van der Waals surface area contributed by atoms with Crippen LogP contribution in [0.1, 0.15) is 24.5 Å². The zero-order valence-electron chi connectivity index (χ0n) is 10.0. The van der Waals surface area contributed by atoms with Gasteiger partial charge in [-0.25, -0.2) is 0 Å². The fraction of sp³-hybridized carbons (Fsp3) is 0.188. The Hall–Kier alpha value is -2.29. The van der Waals surface area contributed by atoms with Crippen molar-refractivity contribution >= 4 is 5.97 Å². The van der Waals surface area contributed by atoms with Crippen LogP contribution in [-0.4, -0.2) is 18.2 Å². The first-order valence-corrected chi connectivity index (χ1v) is 5.64. The minimum Gasteiger partial charge on any atom is -0.508 e. The topological polar surface area (TPSA) is 46.5 Å². The molecule has 0 bridgehead atoms. The summed E-state index contributed by atoms with van der Waals surface area (Å²) in [5, 5.41) is 9.29. The number of phenolic OH excluding ortho intramolecular Hbond substituents is 1. The van der Waals surface area contributed by atoms with E-state index in [1.165, 1.54) is 7.11 Å². The molecule has 1 atom stereocenters. The highest BCUT2D eigenvalue weighted by Crippen LogP contribution is 2.27. The van der Waals surface area contributed by atoms with Gasteiger partial charge in [-0.2, -0.15) is 0 Å². The summed E-state index contributed by atoms with van der Waals surface area (Å²) in [4.78, 5) is 11.9. The standard InChI is InChI=1S/C15H14O3.CH4/c1-18-15(17)14(11-5-3-2-4-6-11)12-7-9-13(16)10-8-12;/h2-10,14,16H,1H3;1H4. The van der Waals surface area contributed by atoms with E-state index in [1.807, 2.05) is 30.3 Å². The fourth-order valence-corrected chi connectivity index (χ4v) is 1.89. The molecule has 1 unspecified atom stereocenters. The van der Waals surface area contributed by atoms with Crippen LogP contribution in [0.25, 0.3) is 0 Å². The van der Waals surface area contributed by atoms with Crippen molar-refractivity contribution in [3.63, 3.8) is 0 Å². The van der Waals surface area contributed by atoms with E-state index in [1.54, 1.807) is 24.3 Å². The van der Waals surface area contributed by atoms with Crippen LogP contribution in [0.4, 0.5) is 0 Å². The van der Waals surface area contributed by atoms with E-state index in [0.29, 0.717) is 0 Å². The first-order valence-electron chi connectivity index (χ1n) is 5.64. The molecule has 0 aliphatic rings. The Bertz CT molecular complexity index is 517. The van der Waals surface area contributed by atoms with Crippen LogP contribution in [-0.2, 0) is 9.53 Å². The lowest BCUT2D eigenvalue weighted by Crippen LogP contribution is -2.15. The molecule has 0 saturated carbocycles. The second-order valence-corrected chi connectivity index (χ2v) is 3.96. The molecular formula is C16H18O3. The molecule has 2 rings (SSSR count). The number of phenols is 1. The van der Waals surface area contributed by atoms with Crippen LogP contribution in [0.3, 0.4) is 0 Å². The van der Waals surface area contributed by atoms with Gasteiger partial charge in [0.1, 0.15) is 11.7 Å². The molecule has 0 aromatic heterocycles. The fourth-order valence-electron chi connectivity index (χ4n) is 1.89. The molecule has 0 saturated heterocycles. The van der Waals surface area contributed by atoms with Crippen LogP contribution in [0.15, 0.2) is 54.6 Å². The lowest BCUT2D eigenvalue weighted by atomic mass is 9.91. The highest BCUT2D eigenvalue weighted by molar-refractivity contribution is 5.82. The summed E-state index contributed by atoms with van der Waals surface area (Å²) in [6.07, 6.45) is 0. The van der Waals surface area contributed by atoms with Crippen molar-refractivity contribution in [1.29, 1.82) is 0 Å². The van der Waals surface area contributed by atoms with E-state index in [4.69, 9.17) is 4.74 Å². The Morgan fingerprint density at radius 1 is 1.00 bits per heavy atom. The summed E-state index contributed by atoms with van der Waals surface area (Å²) in [5.41, 5.74) is 1.67. The van der Waals surface area contributed by atoms with E-state index in [9.17, 15) is 9.90 Å². The number of carbonyl (C=O) groups is 1. The number of methoxy groups -OCH3 is 1. The van der Waals surface area contributed by atoms with Gasteiger partial charge in [-0.3, -0.25) is 4.79 Å². The largest absolute Gasteiger partial charge is 0.508 e. The predicted molar refractivity (Wildman–Crippen MR) is 75.1 cm³/mol. The lowest BCUT2D eigenvalue weighted by molar-refractivity contribution is -0.141. The van der Waals surface area contributed by atoms with Crippen LogP contribution in [0.5, 0.6) is 5.75 Å². The van der Waals surface area contributed by atoms with Crippen molar-refractivity contribution in [2.45, 2.75) is 13.3 Å². The van der Waals surface area contributed by atoms with Crippen LogP contribution >= 0.6 is 0 Å². The van der Waals surface area contributed by atoms with Crippen LogP contribution < -0.4 is 0 Å². The maximum Gasteiger partial charge on any atom is 0.317 e. The normalized spacial score (nSPS) is 11.2. The number of aromatic hydroxyl groups is 1. The van der Waals surface area contributed by atoms with Crippen molar-refractivity contribution in [2.75, 3.05) is 7.11 Å². The number of hydrogen-bond acceptors (Lipinski definition) is 3. The Morgan fingerprint density at radius 2 is 1.53 bits per heavy atom. The molecule has 3 nitrogen and oxygen atoms in total. The van der Waals surface area contributed by atoms with Crippen molar-refractivity contribution in [2.24, 2.45) is 0 Å². The molecule has 100 valence electrons. The molecule has 0 spiro atoms. The van der Waals surface area contributed by atoms with Crippen LogP contribution in [0, 0.1) is 0 Å². The second kappa shape index (κ2) is 6.59. The number of benzene rings is 2. The molecule has 0 aliphatic carbocycles. The first kappa shape index (κ1) is 14.8. The molecule has 19 heavy (non-hydrogen) atoms. The summed E-state index contributed by atoms with van der Waals surface area (Å²) >= 11 is 0. The molecule has 0 fully saturated rings. The number of carbonyl (C=O) groups excluding carboxylic acids is 1. The highest BCUT2D eigenvalue weighted by Gasteiger charge is 2.23. The van der Waals surface area contributed by atoms with Crippen LogP contribution in [0.2, 0.25) is 0 Å². The first-order chi connectivity index (χ1) is 8.72. The third kappa shape index (κ3) is 3.35. The summed E-state index contributed by atoms with van der Waals surface area (Å²) < 4.78 is 4.85. The highest BCUT2D eigenvalue weighted by atomic mass is 16.5. The average Bonchev–Trinajstić information content (AvgIpc) is 2.42. The van der Waals surface area contributed by atoms with E-state index >= 15 is 0 Å². The van der Waals surface area contributed by atoms with E-state index in [2.05, 4.69) is 0 Å². The minimum absolute atomic E-state index is 0. The Balaban J connectivity index is 0.00000180. The summed E-state index contributed by atoms with van der Waals surface area (Å²) in [6, 6.07) is 16.0. The molecule has 2 aromatic rings. The van der Waals surface area contributed by atoms with Gasteiger partial charge in [0.25, 0.3) is 0 Å². The molecular weight excluding hydrogens is 240 g/mol. The molecule has 0 aliphatic heterocycles. The molecule has 0 heterocycles. The molecule has 2 aromatic carbocycles. The van der Waals surface area contributed by atoms with E-state index < -0.39 is 5.92 Å². The Kier molecular flexibility index (Phi) is 5.12. The number of esters is 1. The number of rotatable bonds is 3. The van der Waals surface area contributed by atoms with Crippen molar-refractivity contribution < 1.29 is 14.6 Å². The minimum atomic E-state index is -0.461. The van der Waals surface area contributed by atoms with Gasteiger partial charge in [0, 0.05) is 0 Å². The predicted octanol–water partition coefficient (Wildman–Crippen LogP) is 3.33. The van der Waals surface area contributed by atoms with Gasteiger partial charge >= 0.3 is 5.97 Å². The quantitative estimate of drug-likeness (QED) is 0.859. The van der Waals surface area contributed by atoms with Crippen molar-refractivity contribution in [3.05, 3.63) is 65.7 Å². The van der Waals surface area contributed by atoms with Gasteiger partial charge in [-0.15, -0.1) is 0 Å². The van der Waals surface area contributed by atoms with Gasteiger partial charge in [-0.05, 0) is 23.3 Å². The van der Waals surface area contributed by atoms with E-state index in [-0.39, 0.29) is 19.1 Å². The number of hydrogen-bond donors (Lipinski definition) is 1. The smallest absolute Gasteiger partial charge is 0.317 e. The Morgan fingerprint density at radius 3 is 2.05 bits per heavy atom. The summed E-state index contributed by atoms with van der Waals surface area (Å²) in [5.74, 6) is -0.598. The zero-order chi connectivity index (χ0) is 13.0. The third-order valence-corrected chi connectivity index (χ3v) is 2.80. The third-order valence-electron chi connectivity index (χ3n) is 2.80. The van der Waals surface area contributed by atoms with Gasteiger partial charge in [0.2, 0.25) is 0 Å². The molecule has 0 amide bonds. The molecule has 3 heteroatoms. The van der Waals surface area contributed by atoms with E-state index in [0.717, 1.165) is 11.1 Å². The zero-order valence-corrected chi connectivity index (χ0v) is 10.0. The Labute approximate surface area is 113 Å². The molecule has 1 N–H and O–H groups in total. The molecule has 0 radical (unpaired) electrons. The van der Waals surface area contributed by atoms with Gasteiger partial charge < -0.3 is 9.84 Å². The number of ether oxygens (including phenoxy) is 1. The summed E-state index contributed by atoms with van der Waals surface area (Å²) in [6.45, 7) is 0. The average molecular weight is 258 g/mol. The second-order valence-electron chi connectivity index (χ2n) is 3.96. The van der Waals surface area contributed by atoms with Crippen molar-refractivity contribution in [1.82, 2.24) is 0 Å². The monoisotopic (exact) mass is 258 g/mol. The van der Waals surface area contributed by atoms with Gasteiger partial charge in [-0.1, -0.05) is 49.9 Å². The maximum atomic E-state index is 11.9. The SMILES string of the molecule is C.COC(=O)C(c1ccccc1)c1ccc(O)cc1. The van der Waals surface area contributed by atoms with Gasteiger partial charge in [0.05, 0.1) is 7.11 Å². The maximum absolute atomic E-state index is 11.9. The lowest BCUT2D eigenvalue weighted by Gasteiger charge is -2.15. The summed E-state index contributed by atoms with van der Waals surface area (Å²) in [7, 11) is 1.37.